The largest absolute Gasteiger partial charge is 0.476 e. The Morgan fingerprint density at radius 2 is 2.00 bits per heavy atom. The highest BCUT2D eigenvalue weighted by Crippen LogP contribution is 2.29. The summed E-state index contributed by atoms with van der Waals surface area (Å²) in [5.74, 6) is 0.0453. The predicted octanol–water partition coefficient (Wildman–Crippen LogP) is 3.64. The van der Waals surface area contributed by atoms with Crippen LogP contribution in [0, 0.1) is 5.82 Å². The average molecular weight is 416 g/mol. The smallest absolute Gasteiger partial charge is 0.319 e. The van der Waals surface area contributed by atoms with Crippen molar-refractivity contribution < 1.29 is 13.9 Å². The summed E-state index contributed by atoms with van der Waals surface area (Å²) in [6, 6.07) is 7.45. The molecule has 162 valence electrons. The maximum Gasteiger partial charge on any atom is 0.319 e. The van der Waals surface area contributed by atoms with Crippen LogP contribution in [0.3, 0.4) is 0 Å². The number of nitrogens with one attached hydrogen (secondary N) is 2. The number of nitrogens with zero attached hydrogens (tertiary/aromatic N) is 3. The van der Waals surface area contributed by atoms with E-state index < -0.39 is 6.03 Å². The first-order chi connectivity index (χ1) is 14.5. The standard InChI is InChI=1S/C22H30FN5O2/c1-4-27-11-13-28(14-12-27)20-9-8-17(23)15-18(20)16(3)25-22(29)26-19-7-6-10-24-21(19)30-5-2/h6-10,15-16H,4-5,11-14H2,1-3H3,(H2,25,26,29). The van der Waals surface area contributed by atoms with Crippen LogP contribution in [0.15, 0.2) is 36.5 Å². The number of rotatable bonds is 7. The van der Waals surface area contributed by atoms with E-state index in [1.807, 2.05) is 13.8 Å². The van der Waals surface area contributed by atoms with Crippen molar-refractivity contribution in [3.8, 4) is 5.88 Å². The number of halogens is 1. The molecule has 0 saturated carbocycles. The minimum Gasteiger partial charge on any atom is -0.476 e. The highest BCUT2D eigenvalue weighted by atomic mass is 19.1. The third-order valence-corrected chi connectivity index (χ3v) is 5.26. The van der Waals surface area contributed by atoms with Crippen LogP contribution < -0.4 is 20.3 Å². The number of pyridine rings is 1. The Labute approximate surface area is 177 Å². The van der Waals surface area contributed by atoms with Gasteiger partial charge in [-0.1, -0.05) is 6.92 Å². The molecule has 1 aromatic carbocycles. The fraction of sp³-hybridized carbons (Fsp3) is 0.455. The second-order valence-corrected chi connectivity index (χ2v) is 7.23. The lowest BCUT2D eigenvalue weighted by atomic mass is 10.0. The number of hydrogen-bond acceptors (Lipinski definition) is 5. The van der Waals surface area contributed by atoms with Crippen molar-refractivity contribution in [1.29, 1.82) is 0 Å². The van der Waals surface area contributed by atoms with Crippen molar-refractivity contribution in [3.63, 3.8) is 0 Å². The highest BCUT2D eigenvalue weighted by Gasteiger charge is 2.22. The SMILES string of the molecule is CCOc1ncccc1NC(=O)NC(C)c1cc(F)ccc1N1CCN(CC)CC1. The van der Waals surface area contributed by atoms with Crippen molar-refractivity contribution in [2.75, 3.05) is 49.5 Å². The molecule has 1 aliphatic heterocycles. The number of carbonyl (C=O) groups excluding carboxylic acids is 1. The van der Waals surface area contributed by atoms with Crippen LogP contribution in [0.5, 0.6) is 5.88 Å². The molecule has 0 spiro atoms. The third kappa shape index (κ3) is 5.38. The van der Waals surface area contributed by atoms with E-state index in [2.05, 4.69) is 32.3 Å². The van der Waals surface area contributed by atoms with Crippen LogP contribution >= 0.6 is 0 Å². The zero-order valence-electron chi connectivity index (χ0n) is 17.8. The number of carbonyl (C=O) groups is 1. The molecular weight excluding hydrogens is 385 g/mol. The first-order valence-electron chi connectivity index (χ1n) is 10.4. The lowest BCUT2D eigenvalue weighted by molar-refractivity contribution is 0.249. The maximum absolute atomic E-state index is 14.0. The van der Waals surface area contributed by atoms with E-state index in [4.69, 9.17) is 4.74 Å². The van der Waals surface area contributed by atoms with E-state index in [0.29, 0.717) is 18.2 Å². The summed E-state index contributed by atoms with van der Waals surface area (Å²) in [5.41, 5.74) is 2.20. The molecule has 8 heteroatoms. The van der Waals surface area contributed by atoms with Gasteiger partial charge in [-0.3, -0.25) is 0 Å². The lowest BCUT2D eigenvalue weighted by Gasteiger charge is -2.37. The molecular formula is C22H30FN5O2. The molecule has 1 aromatic heterocycles. The first kappa shape index (κ1) is 21.8. The van der Waals surface area contributed by atoms with Crippen LogP contribution in [0.1, 0.15) is 32.4 Å². The Kier molecular flexibility index (Phi) is 7.46. The minimum absolute atomic E-state index is 0.319. The highest BCUT2D eigenvalue weighted by molar-refractivity contribution is 5.90. The van der Waals surface area contributed by atoms with E-state index in [9.17, 15) is 9.18 Å². The summed E-state index contributed by atoms with van der Waals surface area (Å²) >= 11 is 0. The summed E-state index contributed by atoms with van der Waals surface area (Å²) in [7, 11) is 0. The molecule has 1 unspecified atom stereocenters. The molecule has 7 nitrogen and oxygen atoms in total. The fourth-order valence-corrected chi connectivity index (χ4v) is 3.64. The fourth-order valence-electron chi connectivity index (χ4n) is 3.64. The van der Waals surface area contributed by atoms with E-state index >= 15 is 0 Å². The second kappa shape index (κ2) is 10.2. The summed E-state index contributed by atoms with van der Waals surface area (Å²) in [6.07, 6.45) is 1.61. The summed E-state index contributed by atoms with van der Waals surface area (Å²) in [4.78, 5) is 21.4. The van der Waals surface area contributed by atoms with Gasteiger partial charge in [-0.05, 0) is 50.7 Å². The number of benzene rings is 1. The topological polar surface area (TPSA) is 69.7 Å². The van der Waals surface area contributed by atoms with Gasteiger partial charge in [0.2, 0.25) is 5.88 Å². The van der Waals surface area contributed by atoms with Gasteiger partial charge >= 0.3 is 6.03 Å². The third-order valence-electron chi connectivity index (χ3n) is 5.26. The van der Waals surface area contributed by atoms with Crippen LogP contribution in [-0.2, 0) is 0 Å². The zero-order valence-corrected chi connectivity index (χ0v) is 17.8. The molecule has 2 amide bonds. The van der Waals surface area contributed by atoms with E-state index in [-0.39, 0.29) is 11.9 Å². The van der Waals surface area contributed by atoms with Crippen molar-refractivity contribution in [2.24, 2.45) is 0 Å². The van der Waals surface area contributed by atoms with Crippen molar-refractivity contribution in [2.45, 2.75) is 26.8 Å². The monoisotopic (exact) mass is 415 g/mol. The number of anilines is 2. The van der Waals surface area contributed by atoms with Gasteiger partial charge in [0.05, 0.1) is 12.6 Å². The van der Waals surface area contributed by atoms with Gasteiger partial charge in [0, 0.05) is 43.6 Å². The maximum atomic E-state index is 14.0. The normalized spacial score (nSPS) is 15.5. The van der Waals surface area contributed by atoms with E-state index in [1.54, 1.807) is 24.4 Å². The molecule has 1 aliphatic rings. The van der Waals surface area contributed by atoms with Crippen molar-refractivity contribution in [3.05, 3.63) is 47.9 Å². The van der Waals surface area contributed by atoms with E-state index in [1.165, 1.54) is 12.1 Å². The van der Waals surface area contributed by atoms with Crippen LogP contribution in [0.2, 0.25) is 0 Å². The Bertz CT molecular complexity index is 855. The number of piperazine rings is 1. The molecule has 1 atom stereocenters. The average Bonchev–Trinajstić information content (AvgIpc) is 2.75. The van der Waals surface area contributed by atoms with Crippen LogP contribution in [0.4, 0.5) is 20.6 Å². The summed E-state index contributed by atoms with van der Waals surface area (Å²) < 4.78 is 19.5. The second-order valence-electron chi connectivity index (χ2n) is 7.23. The molecule has 3 rings (SSSR count). The van der Waals surface area contributed by atoms with Gasteiger partial charge in [-0.15, -0.1) is 0 Å². The number of amides is 2. The predicted molar refractivity (Wildman–Crippen MR) is 117 cm³/mol. The molecule has 30 heavy (non-hydrogen) atoms. The molecule has 1 fully saturated rings. The van der Waals surface area contributed by atoms with Gasteiger partial charge in [-0.2, -0.15) is 0 Å². The van der Waals surface area contributed by atoms with Gasteiger partial charge in [-0.25, -0.2) is 14.2 Å². The lowest BCUT2D eigenvalue weighted by Crippen LogP contribution is -2.46. The number of ether oxygens (including phenoxy) is 1. The molecule has 0 aliphatic carbocycles. The quantitative estimate of drug-likeness (QED) is 0.723. The Balaban J connectivity index is 1.71. The number of urea groups is 1. The Morgan fingerprint density at radius 1 is 1.23 bits per heavy atom. The molecule has 0 bridgehead atoms. The molecule has 1 saturated heterocycles. The van der Waals surface area contributed by atoms with E-state index in [0.717, 1.165) is 44.0 Å². The Morgan fingerprint density at radius 3 is 2.70 bits per heavy atom. The van der Waals surface area contributed by atoms with Crippen molar-refractivity contribution >= 4 is 17.4 Å². The van der Waals surface area contributed by atoms with Gasteiger partial charge in [0.1, 0.15) is 11.5 Å². The van der Waals surface area contributed by atoms with Crippen LogP contribution in [-0.4, -0.2) is 55.2 Å². The molecule has 2 aromatic rings. The molecule has 2 N–H and O–H groups in total. The summed E-state index contributed by atoms with van der Waals surface area (Å²) in [6.45, 7) is 11.0. The van der Waals surface area contributed by atoms with Gasteiger partial charge in [0.25, 0.3) is 0 Å². The first-order valence-corrected chi connectivity index (χ1v) is 10.4. The van der Waals surface area contributed by atoms with Crippen LogP contribution in [0.25, 0.3) is 0 Å². The minimum atomic E-state index is -0.400. The number of aromatic nitrogens is 1. The number of likely N-dealkylation sites (N-methyl/N-ethyl adjacent to an activating group) is 1. The van der Waals surface area contributed by atoms with Gasteiger partial charge in [0.15, 0.2) is 0 Å². The number of hydrogen-bond donors (Lipinski definition) is 2. The zero-order chi connectivity index (χ0) is 21.5. The summed E-state index contributed by atoms with van der Waals surface area (Å²) in [5, 5.41) is 5.67. The van der Waals surface area contributed by atoms with Crippen molar-refractivity contribution in [1.82, 2.24) is 15.2 Å². The molecule has 0 radical (unpaired) electrons. The Hall–Kier alpha value is -2.87. The molecule has 2 heterocycles. The van der Waals surface area contributed by atoms with Gasteiger partial charge < -0.3 is 25.2 Å².